The van der Waals surface area contributed by atoms with Crippen molar-refractivity contribution in [3.8, 4) is 0 Å². The number of nitrogens with one attached hydrogen (secondary N) is 1. The molecule has 0 saturated heterocycles. The van der Waals surface area contributed by atoms with E-state index in [0.29, 0.717) is 18.4 Å². The van der Waals surface area contributed by atoms with Crippen molar-refractivity contribution in [3.05, 3.63) is 41.2 Å². The summed E-state index contributed by atoms with van der Waals surface area (Å²) in [6.07, 6.45) is 1.94. The lowest BCUT2D eigenvalue weighted by atomic mass is 10.3. The number of hydrogen-bond acceptors (Lipinski definition) is 5. The Morgan fingerprint density at radius 3 is 2.79 bits per heavy atom. The van der Waals surface area contributed by atoms with Gasteiger partial charge in [-0.15, -0.1) is 5.10 Å². The standard InChI is InChI=1S/C13H15N5O/c1-8-4-5-11-16-13(17-18(11)7-8)14-6-12-15-9(2)10(3)19-12/h4-5,7H,6H2,1-3H3,(H,14,17). The molecule has 0 unspecified atom stereocenters. The zero-order valence-corrected chi connectivity index (χ0v) is 11.1. The summed E-state index contributed by atoms with van der Waals surface area (Å²) < 4.78 is 7.25. The molecule has 0 aromatic carbocycles. The van der Waals surface area contributed by atoms with Crippen LogP contribution in [0.5, 0.6) is 0 Å². The van der Waals surface area contributed by atoms with Gasteiger partial charge in [0.2, 0.25) is 11.8 Å². The van der Waals surface area contributed by atoms with Crippen LogP contribution in [0.1, 0.15) is 22.9 Å². The van der Waals surface area contributed by atoms with Crippen molar-refractivity contribution >= 4 is 11.6 Å². The predicted molar refractivity (Wildman–Crippen MR) is 71.0 cm³/mol. The number of oxazole rings is 1. The minimum Gasteiger partial charge on any atom is -0.444 e. The summed E-state index contributed by atoms with van der Waals surface area (Å²) >= 11 is 0. The van der Waals surface area contributed by atoms with Crippen molar-refractivity contribution in [3.63, 3.8) is 0 Å². The second kappa shape index (κ2) is 4.38. The SMILES string of the molecule is Cc1ccc2nc(NCc3nc(C)c(C)o3)nn2c1. The average molecular weight is 257 g/mol. The van der Waals surface area contributed by atoms with Crippen molar-refractivity contribution in [1.82, 2.24) is 19.6 Å². The molecule has 0 bridgehead atoms. The third kappa shape index (κ3) is 2.29. The second-order valence-corrected chi connectivity index (χ2v) is 4.55. The average Bonchev–Trinajstić information content (AvgIpc) is 2.90. The number of rotatable bonds is 3. The molecule has 98 valence electrons. The molecule has 6 heteroatoms. The van der Waals surface area contributed by atoms with Gasteiger partial charge in [-0.2, -0.15) is 4.98 Å². The van der Waals surface area contributed by atoms with Gasteiger partial charge < -0.3 is 9.73 Å². The van der Waals surface area contributed by atoms with Crippen molar-refractivity contribution in [2.45, 2.75) is 27.3 Å². The van der Waals surface area contributed by atoms with Gasteiger partial charge in [-0.3, -0.25) is 0 Å². The topological polar surface area (TPSA) is 68.2 Å². The molecule has 0 fully saturated rings. The van der Waals surface area contributed by atoms with E-state index in [1.54, 1.807) is 4.52 Å². The normalized spacial score (nSPS) is 11.1. The summed E-state index contributed by atoms with van der Waals surface area (Å²) in [5.74, 6) is 2.06. The summed E-state index contributed by atoms with van der Waals surface area (Å²) in [6.45, 7) is 6.32. The third-order valence-electron chi connectivity index (χ3n) is 2.95. The molecule has 0 amide bonds. The van der Waals surface area contributed by atoms with Crippen LogP contribution < -0.4 is 5.32 Å². The van der Waals surface area contributed by atoms with Crippen LogP contribution in [-0.2, 0) is 6.54 Å². The maximum absolute atomic E-state index is 5.49. The van der Waals surface area contributed by atoms with Gasteiger partial charge in [-0.1, -0.05) is 6.07 Å². The van der Waals surface area contributed by atoms with Crippen LogP contribution >= 0.6 is 0 Å². The molecule has 0 aliphatic heterocycles. The molecule has 1 N–H and O–H groups in total. The van der Waals surface area contributed by atoms with Crippen LogP contribution in [-0.4, -0.2) is 19.6 Å². The zero-order valence-electron chi connectivity index (χ0n) is 11.1. The van der Waals surface area contributed by atoms with Gasteiger partial charge in [0.1, 0.15) is 5.76 Å². The van der Waals surface area contributed by atoms with E-state index < -0.39 is 0 Å². The number of anilines is 1. The van der Waals surface area contributed by atoms with Crippen molar-refractivity contribution < 1.29 is 4.42 Å². The first-order valence-corrected chi connectivity index (χ1v) is 6.11. The smallest absolute Gasteiger partial charge is 0.243 e. The van der Waals surface area contributed by atoms with E-state index in [0.717, 1.165) is 22.7 Å². The Kier molecular flexibility index (Phi) is 2.70. The van der Waals surface area contributed by atoms with E-state index in [-0.39, 0.29) is 0 Å². The summed E-state index contributed by atoms with van der Waals surface area (Å²) in [5.41, 5.74) is 2.87. The molecule has 0 saturated carbocycles. The Labute approximate surface area is 110 Å². The van der Waals surface area contributed by atoms with E-state index in [4.69, 9.17) is 4.42 Å². The van der Waals surface area contributed by atoms with Gasteiger partial charge in [0, 0.05) is 6.20 Å². The van der Waals surface area contributed by atoms with Crippen LogP contribution in [0.25, 0.3) is 5.65 Å². The molecule has 0 aliphatic rings. The summed E-state index contributed by atoms with van der Waals surface area (Å²) in [7, 11) is 0. The van der Waals surface area contributed by atoms with Gasteiger partial charge in [-0.25, -0.2) is 9.50 Å². The fraction of sp³-hybridized carbons (Fsp3) is 0.308. The highest BCUT2D eigenvalue weighted by atomic mass is 16.4. The Balaban J connectivity index is 1.78. The number of fused-ring (bicyclic) bond motifs is 1. The first kappa shape index (κ1) is 11.7. The quantitative estimate of drug-likeness (QED) is 0.779. The van der Waals surface area contributed by atoms with Crippen LogP contribution in [0.4, 0.5) is 5.95 Å². The van der Waals surface area contributed by atoms with Crippen LogP contribution in [0, 0.1) is 20.8 Å². The Morgan fingerprint density at radius 1 is 1.21 bits per heavy atom. The third-order valence-corrected chi connectivity index (χ3v) is 2.95. The molecule has 6 nitrogen and oxygen atoms in total. The van der Waals surface area contributed by atoms with Crippen LogP contribution in [0.2, 0.25) is 0 Å². The molecule has 3 aromatic rings. The lowest BCUT2D eigenvalue weighted by Gasteiger charge is -1.95. The molecule has 0 radical (unpaired) electrons. The fourth-order valence-electron chi connectivity index (χ4n) is 1.83. The molecule has 19 heavy (non-hydrogen) atoms. The maximum Gasteiger partial charge on any atom is 0.243 e. The monoisotopic (exact) mass is 257 g/mol. The predicted octanol–water partition coefficient (Wildman–Crippen LogP) is 2.25. The van der Waals surface area contributed by atoms with Crippen LogP contribution in [0.3, 0.4) is 0 Å². The summed E-state index contributed by atoms with van der Waals surface area (Å²) in [5, 5.41) is 7.45. The molecule has 3 rings (SSSR count). The first-order valence-electron chi connectivity index (χ1n) is 6.11. The van der Waals surface area contributed by atoms with Gasteiger partial charge in [0.15, 0.2) is 5.65 Å². The summed E-state index contributed by atoms with van der Waals surface area (Å²) in [4.78, 5) is 8.67. The number of aryl methyl sites for hydroxylation is 3. The molecular formula is C13H15N5O. The number of aromatic nitrogens is 4. The van der Waals surface area contributed by atoms with E-state index in [2.05, 4.69) is 20.4 Å². The largest absolute Gasteiger partial charge is 0.444 e. The number of nitrogens with zero attached hydrogens (tertiary/aromatic N) is 4. The second-order valence-electron chi connectivity index (χ2n) is 4.55. The minimum absolute atomic E-state index is 0.477. The lowest BCUT2D eigenvalue weighted by molar-refractivity contribution is 0.478. The Morgan fingerprint density at radius 2 is 2.05 bits per heavy atom. The van der Waals surface area contributed by atoms with E-state index in [9.17, 15) is 0 Å². The number of hydrogen-bond donors (Lipinski definition) is 1. The number of pyridine rings is 1. The Bertz CT molecular complexity index is 708. The van der Waals surface area contributed by atoms with Crippen LogP contribution in [0.15, 0.2) is 22.7 Å². The highest BCUT2D eigenvalue weighted by Gasteiger charge is 2.07. The minimum atomic E-state index is 0.477. The zero-order chi connectivity index (χ0) is 13.4. The van der Waals surface area contributed by atoms with Gasteiger partial charge in [-0.05, 0) is 32.4 Å². The van der Waals surface area contributed by atoms with E-state index in [1.807, 2.05) is 39.1 Å². The lowest BCUT2D eigenvalue weighted by Crippen LogP contribution is -2.01. The van der Waals surface area contributed by atoms with Crippen molar-refractivity contribution in [1.29, 1.82) is 0 Å². The molecule has 3 heterocycles. The molecular weight excluding hydrogens is 242 g/mol. The molecule has 0 aliphatic carbocycles. The summed E-state index contributed by atoms with van der Waals surface area (Å²) in [6, 6.07) is 3.95. The molecule has 0 atom stereocenters. The maximum atomic E-state index is 5.49. The van der Waals surface area contributed by atoms with Crippen molar-refractivity contribution in [2.24, 2.45) is 0 Å². The fourth-order valence-corrected chi connectivity index (χ4v) is 1.83. The van der Waals surface area contributed by atoms with Crippen molar-refractivity contribution in [2.75, 3.05) is 5.32 Å². The highest BCUT2D eigenvalue weighted by Crippen LogP contribution is 2.11. The highest BCUT2D eigenvalue weighted by molar-refractivity contribution is 5.44. The van der Waals surface area contributed by atoms with E-state index >= 15 is 0 Å². The van der Waals surface area contributed by atoms with Gasteiger partial charge in [0.25, 0.3) is 0 Å². The van der Waals surface area contributed by atoms with Gasteiger partial charge >= 0.3 is 0 Å². The first-order chi connectivity index (χ1) is 9.11. The Hall–Kier alpha value is -2.37. The van der Waals surface area contributed by atoms with E-state index in [1.165, 1.54) is 0 Å². The van der Waals surface area contributed by atoms with Gasteiger partial charge in [0.05, 0.1) is 12.2 Å². The molecule has 0 spiro atoms. The molecule has 3 aromatic heterocycles.